The molecule has 0 aromatic heterocycles. The van der Waals surface area contributed by atoms with Crippen molar-refractivity contribution in [2.45, 2.75) is 268 Å². The molecule has 0 spiro atoms. The SMILES string of the molecule is CC/C=C\C/C=C\C/C=C\C/C=C\CCCCCCCCCCCCCOCC(COP(=O)(O)OC1C(O)C(O)C(O)C(O)C1O)OC(=O)CCCCCCCCC/C=C\CCCCCCCCC. The highest BCUT2D eigenvalue weighted by Gasteiger charge is 2.51. The summed E-state index contributed by atoms with van der Waals surface area (Å²) in [7, 11) is -5.03. The number of carbonyl (C=O) groups excluding carboxylic acids is 1. The molecule has 1 rings (SSSR count). The second kappa shape index (κ2) is 45.9. The van der Waals surface area contributed by atoms with Crippen molar-refractivity contribution in [1.29, 1.82) is 0 Å². The fourth-order valence-electron chi connectivity index (χ4n) is 8.28. The summed E-state index contributed by atoms with van der Waals surface area (Å²) in [5.41, 5.74) is 0. The van der Waals surface area contributed by atoms with E-state index in [-0.39, 0.29) is 13.0 Å². The Balaban J connectivity index is 2.30. The van der Waals surface area contributed by atoms with Crippen molar-refractivity contribution in [1.82, 2.24) is 0 Å². The van der Waals surface area contributed by atoms with Crippen molar-refractivity contribution in [2.75, 3.05) is 19.8 Å². The van der Waals surface area contributed by atoms with Gasteiger partial charge in [-0.2, -0.15) is 0 Å². The van der Waals surface area contributed by atoms with E-state index in [1.165, 1.54) is 122 Å². The lowest BCUT2D eigenvalue weighted by molar-refractivity contribution is -0.220. The van der Waals surface area contributed by atoms with Crippen LogP contribution in [-0.2, 0) is 27.9 Å². The van der Waals surface area contributed by atoms with Crippen molar-refractivity contribution in [3.05, 3.63) is 60.8 Å². The van der Waals surface area contributed by atoms with Crippen LogP contribution in [0, 0.1) is 0 Å². The van der Waals surface area contributed by atoms with Gasteiger partial charge in [0.2, 0.25) is 0 Å². The van der Waals surface area contributed by atoms with E-state index in [1.54, 1.807) is 0 Å². The zero-order valence-corrected chi connectivity index (χ0v) is 44.2. The molecule has 0 heterocycles. The maximum atomic E-state index is 12.9. The molecule has 0 radical (unpaired) electrons. The zero-order valence-electron chi connectivity index (χ0n) is 43.4. The third kappa shape index (κ3) is 37.5. The van der Waals surface area contributed by atoms with Crippen molar-refractivity contribution < 1.29 is 58.3 Å². The van der Waals surface area contributed by atoms with E-state index < -0.39 is 63.1 Å². The van der Waals surface area contributed by atoms with Crippen LogP contribution in [0.2, 0.25) is 0 Å². The van der Waals surface area contributed by atoms with Gasteiger partial charge in [-0.15, -0.1) is 0 Å². The fraction of sp³-hybridized carbons (Fsp3) is 0.804. The van der Waals surface area contributed by atoms with Crippen molar-refractivity contribution in [3.8, 4) is 0 Å². The smallest absolute Gasteiger partial charge is 0.457 e. The summed E-state index contributed by atoms with van der Waals surface area (Å²) in [6.07, 6.45) is 47.1. The first-order valence-corrected chi connectivity index (χ1v) is 29.1. The molecule has 1 saturated carbocycles. The molecule has 6 N–H and O–H groups in total. The van der Waals surface area contributed by atoms with Gasteiger partial charge in [-0.05, 0) is 77.0 Å². The number of aliphatic hydroxyl groups is 5. The number of phosphoric acid groups is 1. The van der Waals surface area contributed by atoms with Gasteiger partial charge in [0.05, 0.1) is 13.2 Å². The Morgan fingerprint density at radius 1 is 0.478 bits per heavy atom. The second-order valence-corrected chi connectivity index (χ2v) is 20.5. The molecule has 6 unspecified atom stereocenters. The van der Waals surface area contributed by atoms with Gasteiger partial charge >= 0.3 is 13.8 Å². The van der Waals surface area contributed by atoms with Crippen molar-refractivity contribution >= 4 is 13.8 Å². The van der Waals surface area contributed by atoms with Gasteiger partial charge in [-0.3, -0.25) is 13.8 Å². The molecule has 1 fully saturated rings. The molecule has 12 nitrogen and oxygen atoms in total. The van der Waals surface area contributed by atoms with Crippen LogP contribution in [0.15, 0.2) is 60.8 Å². The van der Waals surface area contributed by atoms with Crippen LogP contribution in [0.4, 0.5) is 0 Å². The highest BCUT2D eigenvalue weighted by molar-refractivity contribution is 7.47. The van der Waals surface area contributed by atoms with Crippen LogP contribution in [0.5, 0.6) is 0 Å². The minimum atomic E-state index is -5.03. The van der Waals surface area contributed by atoms with Gasteiger partial charge in [0.25, 0.3) is 0 Å². The lowest BCUT2D eigenvalue weighted by Gasteiger charge is -2.41. The number of ether oxygens (including phenoxy) is 2. The molecule has 0 aliphatic heterocycles. The van der Waals surface area contributed by atoms with E-state index in [0.717, 1.165) is 77.0 Å². The lowest BCUT2D eigenvalue weighted by Crippen LogP contribution is -2.64. The highest BCUT2D eigenvalue weighted by Crippen LogP contribution is 2.47. The predicted octanol–water partition coefficient (Wildman–Crippen LogP) is 12.9. The monoisotopic (exact) mass is 997 g/mol. The molecule has 402 valence electrons. The van der Waals surface area contributed by atoms with E-state index in [1.807, 2.05) is 0 Å². The molecule has 1 aliphatic rings. The molecule has 6 atom stereocenters. The topological polar surface area (TPSA) is 192 Å². The van der Waals surface area contributed by atoms with E-state index in [0.29, 0.717) is 13.0 Å². The molecule has 0 aromatic carbocycles. The third-order valence-corrected chi connectivity index (χ3v) is 13.6. The maximum Gasteiger partial charge on any atom is 0.472 e. The van der Waals surface area contributed by atoms with Gasteiger partial charge in [0.1, 0.15) is 42.7 Å². The maximum absolute atomic E-state index is 12.9. The molecule has 0 saturated heterocycles. The standard InChI is InChI=1S/C56H101O12P/c1-3-5-7-9-11-13-15-17-19-21-23-24-25-26-27-28-30-32-34-36-38-40-42-44-46-65-47-49(48-66-69(63,64)68-56-54(61)52(59)51(58)53(60)55(56)62)67-50(57)45-43-41-39-37-35-33-31-29-22-20-18-16-14-12-10-8-6-4-2/h5,7,11,13,17,19-20,22-24,49,51-56,58-62H,3-4,6,8-10,12,14-16,18,21,25-48H2,1-2H3,(H,63,64)/b7-5-,13-11-,19-17-,22-20-,24-23-. The van der Waals surface area contributed by atoms with Crippen LogP contribution in [0.25, 0.3) is 0 Å². The molecule has 0 bridgehead atoms. The van der Waals surface area contributed by atoms with Crippen LogP contribution >= 0.6 is 7.82 Å². The first-order chi connectivity index (χ1) is 33.5. The predicted molar refractivity (Wildman–Crippen MR) is 281 cm³/mol. The number of hydrogen-bond acceptors (Lipinski definition) is 11. The molecule has 0 aromatic rings. The summed E-state index contributed by atoms with van der Waals surface area (Å²) in [4.78, 5) is 23.3. The van der Waals surface area contributed by atoms with Gasteiger partial charge in [0, 0.05) is 13.0 Å². The Morgan fingerprint density at radius 2 is 0.855 bits per heavy atom. The Labute approximate surface area is 419 Å². The average molecular weight is 997 g/mol. The van der Waals surface area contributed by atoms with E-state index >= 15 is 0 Å². The zero-order chi connectivity index (χ0) is 50.5. The first kappa shape index (κ1) is 65.1. The van der Waals surface area contributed by atoms with Crippen LogP contribution in [0.3, 0.4) is 0 Å². The quantitative estimate of drug-likeness (QED) is 0.0147. The number of esters is 1. The Bertz CT molecular complexity index is 1370. The Morgan fingerprint density at radius 3 is 1.32 bits per heavy atom. The minimum absolute atomic E-state index is 0.0816. The first-order valence-electron chi connectivity index (χ1n) is 27.6. The summed E-state index contributed by atoms with van der Waals surface area (Å²) < 4.78 is 34.4. The highest BCUT2D eigenvalue weighted by atomic mass is 31.2. The molecular weight excluding hydrogens is 896 g/mol. The summed E-state index contributed by atoms with van der Waals surface area (Å²) in [5, 5.41) is 50.4. The van der Waals surface area contributed by atoms with Gasteiger partial charge < -0.3 is 39.9 Å². The summed E-state index contributed by atoms with van der Waals surface area (Å²) in [6, 6.07) is 0. The molecule has 1 aliphatic carbocycles. The summed E-state index contributed by atoms with van der Waals surface area (Å²) in [6.45, 7) is 4.16. The number of allylic oxidation sites excluding steroid dienone is 10. The fourth-order valence-corrected chi connectivity index (χ4v) is 9.26. The number of hydrogen-bond donors (Lipinski definition) is 6. The average Bonchev–Trinajstić information content (AvgIpc) is 3.34. The Hall–Kier alpha value is -1.96. The third-order valence-electron chi connectivity index (χ3n) is 12.6. The molecular formula is C56H101O12P. The van der Waals surface area contributed by atoms with Crippen molar-refractivity contribution in [2.24, 2.45) is 0 Å². The van der Waals surface area contributed by atoms with Crippen molar-refractivity contribution in [3.63, 3.8) is 0 Å². The Kier molecular flexibility index (Phi) is 43.2. The van der Waals surface area contributed by atoms with Gasteiger partial charge in [-0.1, -0.05) is 203 Å². The van der Waals surface area contributed by atoms with Crippen LogP contribution in [0.1, 0.15) is 226 Å². The number of carbonyl (C=O) groups is 1. The molecule has 69 heavy (non-hydrogen) atoms. The number of phosphoric ester groups is 1. The lowest BCUT2D eigenvalue weighted by atomic mass is 9.85. The summed E-state index contributed by atoms with van der Waals surface area (Å²) in [5.74, 6) is -0.482. The van der Waals surface area contributed by atoms with Gasteiger partial charge in [0.15, 0.2) is 0 Å². The van der Waals surface area contributed by atoms with Crippen LogP contribution in [-0.4, -0.2) is 98.9 Å². The summed E-state index contributed by atoms with van der Waals surface area (Å²) >= 11 is 0. The van der Waals surface area contributed by atoms with Crippen LogP contribution < -0.4 is 0 Å². The minimum Gasteiger partial charge on any atom is -0.457 e. The number of unbranched alkanes of at least 4 members (excludes halogenated alkanes) is 25. The largest absolute Gasteiger partial charge is 0.472 e. The second-order valence-electron chi connectivity index (χ2n) is 19.0. The number of aliphatic hydroxyl groups excluding tert-OH is 5. The van der Waals surface area contributed by atoms with E-state index in [9.17, 15) is 39.8 Å². The van der Waals surface area contributed by atoms with E-state index in [2.05, 4.69) is 74.6 Å². The number of rotatable bonds is 47. The molecule has 13 heteroatoms. The normalized spacial score (nSPS) is 21.4. The van der Waals surface area contributed by atoms with Gasteiger partial charge in [-0.25, -0.2) is 4.57 Å². The van der Waals surface area contributed by atoms with E-state index in [4.69, 9.17) is 18.5 Å². The molecule has 0 amide bonds.